The van der Waals surface area contributed by atoms with E-state index in [2.05, 4.69) is 42.9 Å². The quantitative estimate of drug-likeness (QED) is 0.130. The molecule has 0 fully saturated rings. The average molecular weight is 498 g/mol. The molecule has 1 heterocycles. The molecule has 0 atom stereocenters. The van der Waals surface area contributed by atoms with Gasteiger partial charge in [0.15, 0.2) is 12.4 Å². The summed E-state index contributed by atoms with van der Waals surface area (Å²) in [5.41, 5.74) is 1.36. The molecule has 0 aliphatic heterocycles. The Morgan fingerprint density at radius 2 is 1.19 bits per heavy atom. The van der Waals surface area contributed by atoms with Gasteiger partial charge in [0, 0.05) is 18.1 Å². The van der Waals surface area contributed by atoms with Gasteiger partial charge in [-0.15, -0.1) is 0 Å². The van der Waals surface area contributed by atoms with Gasteiger partial charge in [-0.25, -0.2) is 4.57 Å². The molecule has 0 aromatic carbocycles. The molecular weight excluding hydrogens is 466 g/mol. The van der Waals surface area contributed by atoms with Crippen molar-refractivity contribution >= 4 is 19.5 Å². The van der Waals surface area contributed by atoms with Crippen LogP contribution in [0.4, 0.5) is 16.9 Å². The van der Waals surface area contributed by atoms with Crippen molar-refractivity contribution in [2.75, 3.05) is 0 Å². The number of hydrogen-bond donors (Lipinski definition) is 0. The predicted octanol–water partition coefficient (Wildman–Crippen LogP) is 7.34. The van der Waals surface area contributed by atoms with Gasteiger partial charge in [-0.05, 0) is 19.4 Å². The first kappa shape index (κ1) is 25.5. The second kappa shape index (κ2) is 10.8. The van der Waals surface area contributed by atoms with E-state index in [9.17, 15) is 16.9 Å². The number of aromatic nitrogens is 1. The maximum atomic E-state index is 9.93. The molecule has 0 aliphatic rings. The molecule has 0 aliphatic carbocycles. The van der Waals surface area contributed by atoms with Gasteiger partial charge in [0.1, 0.15) is 6.54 Å². The van der Waals surface area contributed by atoms with Gasteiger partial charge in [0.2, 0.25) is 0 Å². The second-order valence-electron chi connectivity index (χ2n) is 6.76. The minimum atomic E-state index is -11.2. The van der Waals surface area contributed by atoms with Gasteiger partial charge in [-0.3, -0.25) is 0 Å². The van der Waals surface area contributed by atoms with E-state index in [1.165, 1.54) is 76.3 Å². The first-order chi connectivity index (χ1) is 11.8. The van der Waals surface area contributed by atoms with Gasteiger partial charge < -0.3 is 0 Å². The first-order valence-corrected chi connectivity index (χ1v) is 15.1. The number of nitrogens with zero attached hydrogens (tertiary/aromatic N) is 1. The summed E-state index contributed by atoms with van der Waals surface area (Å²) >= 11 is -11.2. The maximum absolute atomic E-state index is 11.2. The normalized spacial score (nSPS) is 14.2. The van der Waals surface area contributed by atoms with Crippen LogP contribution >= 0.6 is 0 Å². The van der Waals surface area contributed by atoms with Crippen molar-refractivity contribution in [3.05, 3.63) is 30.1 Å². The van der Waals surface area contributed by atoms with Crippen molar-refractivity contribution in [3.8, 4) is 0 Å². The van der Waals surface area contributed by atoms with Crippen LogP contribution in [0.5, 0.6) is 0 Å². The number of pyridine rings is 1. The summed E-state index contributed by atoms with van der Waals surface area (Å²) in [6, 6.07) is 4.31. The van der Waals surface area contributed by atoms with E-state index in [0.717, 1.165) is 0 Å². The van der Waals surface area contributed by atoms with Gasteiger partial charge in [-0.2, -0.15) is 0 Å². The van der Waals surface area contributed by atoms with Crippen LogP contribution in [0.3, 0.4) is 0 Å². The average Bonchev–Trinajstić information content (AvgIpc) is 2.46. The predicted molar refractivity (Wildman–Crippen MR) is 95.6 cm³/mol. The van der Waals surface area contributed by atoms with Crippen molar-refractivity contribution in [3.63, 3.8) is 0 Å². The zero-order chi connectivity index (χ0) is 20.2. The van der Waals surface area contributed by atoms with Gasteiger partial charge in [0.05, 0.1) is 0 Å². The molecule has 1 aromatic rings. The summed E-state index contributed by atoms with van der Waals surface area (Å²) in [7, 11) is 0. The summed E-state index contributed by atoms with van der Waals surface area (Å²) in [6.45, 7) is 5.62. The summed E-state index contributed by atoms with van der Waals surface area (Å²) in [4.78, 5) is 0. The van der Waals surface area contributed by atoms with E-state index in [0.29, 0.717) is 0 Å². The Bertz CT molecular complexity index is 490. The van der Waals surface area contributed by atoms with Crippen molar-refractivity contribution in [2.24, 2.45) is 0 Å². The Balaban J connectivity index is 0.000000758. The third kappa shape index (κ3) is 25.8. The number of rotatable bonds is 11. The Morgan fingerprint density at radius 3 is 1.62 bits per heavy atom. The molecule has 0 bridgehead atoms. The second-order valence-corrected chi connectivity index (χ2v) is 12.2. The third-order valence-electron chi connectivity index (χ3n) is 3.78. The van der Waals surface area contributed by atoms with Crippen molar-refractivity contribution in [1.29, 1.82) is 0 Å². The van der Waals surface area contributed by atoms with Crippen molar-refractivity contribution in [1.82, 2.24) is 0 Å². The van der Waals surface area contributed by atoms with Gasteiger partial charge >= 0.3 is 36.4 Å². The number of unbranched alkanes of at least 4 members (excludes halogenated alkanes) is 9. The Hall–Kier alpha value is -0.452. The van der Waals surface area contributed by atoms with Crippen LogP contribution in [0, 0.1) is 6.92 Å². The Kier molecular flexibility index (Phi) is 10.6. The van der Waals surface area contributed by atoms with Crippen molar-refractivity contribution in [2.45, 2.75) is 84.6 Å². The van der Waals surface area contributed by atoms with Gasteiger partial charge in [0.25, 0.3) is 0 Å². The van der Waals surface area contributed by atoms with E-state index < -0.39 is 19.5 Å². The molecule has 26 heavy (non-hydrogen) atoms. The van der Waals surface area contributed by atoms with Crippen LogP contribution < -0.4 is 4.57 Å². The van der Waals surface area contributed by atoms with Crippen LogP contribution in [0.25, 0.3) is 0 Å². The topological polar surface area (TPSA) is 3.88 Å². The molecule has 0 spiro atoms. The molecular formula is C18H32F6NSb. The van der Waals surface area contributed by atoms with Crippen molar-refractivity contribution < 1.29 is 21.4 Å². The molecule has 0 unspecified atom stereocenters. The number of aryl methyl sites for hydroxylation is 2. The number of hydrogen-bond acceptors (Lipinski definition) is 0. The molecule has 156 valence electrons. The molecule has 1 aromatic heterocycles. The molecule has 0 saturated heterocycles. The Morgan fingerprint density at radius 1 is 0.769 bits per heavy atom. The molecule has 0 amide bonds. The summed E-state index contributed by atoms with van der Waals surface area (Å²) in [5.74, 6) is 0. The standard InChI is InChI=1S/C18H32N.6FH.Sb/c1-3-4-5-6-7-8-9-10-11-12-15-19-16-13-14-18(2)17-19;;;;;;;/h13-14,16-17H,3-12,15H2,1-2H3;6*1H;/q+1;;;;;;;+5/p-6. The fraction of sp³-hybridized carbons (Fsp3) is 0.722. The first-order valence-electron chi connectivity index (χ1n) is 9.30. The van der Waals surface area contributed by atoms with Crippen LogP contribution in [-0.4, -0.2) is 19.5 Å². The van der Waals surface area contributed by atoms with Crippen LogP contribution in [0.2, 0.25) is 0 Å². The summed E-state index contributed by atoms with van der Waals surface area (Å²) in [6.07, 6.45) is 18.6. The zero-order valence-electron chi connectivity index (χ0n) is 15.7. The molecule has 1 rings (SSSR count). The third-order valence-corrected chi connectivity index (χ3v) is 3.78. The monoisotopic (exact) mass is 497 g/mol. The molecule has 0 radical (unpaired) electrons. The zero-order valence-corrected chi connectivity index (χ0v) is 18.3. The van der Waals surface area contributed by atoms with E-state index in [-0.39, 0.29) is 0 Å². The van der Waals surface area contributed by atoms with Crippen LogP contribution in [0.1, 0.15) is 76.7 Å². The molecule has 1 nitrogen and oxygen atoms in total. The minimum absolute atomic E-state index is 1.18. The molecule has 8 heteroatoms. The van der Waals surface area contributed by atoms with Gasteiger partial charge in [-0.1, -0.05) is 58.3 Å². The van der Waals surface area contributed by atoms with E-state index >= 15 is 0 Å². The van der Waals surface area contributed by atoms with Crippen LogP contribution in [-0.2, 0) is 6.54 Å². The fourth-order valence-corrected chi connectivity index (χ4v) is 2.57. The number of halogens is 6. The fourth-order valence-electron chi connectivity index (χ4n) is 2.57. The summed E-state index contributed by atoms with van der Waals surface area (Å²) in [5, 5.41) is 0. The van der Waals surface area contributed by atoms with Crippen LogP contribution in [0.15, 0.2) is 24.5 Å². The van der Waals surface area contributed by atoms with E-state index in [1.54, 1.807) is 0 Å². The van der Waals surface area contributed by atoms with E-state index in [4.69, 9.17) is 0 Å². The van der Waals surface area contributed by atoms with E-state index in [1.807, 2.05) is 0 Å². The molecule has 0 saturated carbocycles. The Labute approximate surface area is 155 Å². The SMILES string of the molecule is CCCCCCCCCCCC[n+]1cccc(C)c1.[F][Sb-]([F])([F])([F])([F])[F]. The molecule has 0 N–H and O–H groups in total. The summed E-state index contributed by atoms with van der Waals surface area (Å²) < 4.78 is 61.9.